The fourth-order valence-electron chi connectivity index (χ4n) is 1.91. The molecule has 1 aromatic rings. The number of ether oxygens (including phenoxy) is 1. The van der Waals surface area contributed by atoms with Gasteiger partial charge in [-0.1, -0.05) is 11.3 Å². The molecule has 0 radical (unpaired) electrons. The molecule has 0 aromatic carbocycles. The third-order valence-corrected chi connectivity index (χ3v) is 6.39. The molecule has 1 aromatic heterocycles. The van der Waals surface area contributed by atoms with Crippen molar-refractivity contribution in [1.82, 2.24) is 9.21 Å². The number of hydrogen-bond donors (Lipinski definition) is 0. The molecular formula is C11H15N3O3S2. The van der Waals surface area contributed by atoms with E-state index in [0.29, 0.717) is 42.0 Å². The van der Waals surface area contributed by atoms with Crippen LogP contribution in [0.2, 0.25) is 0 Å². The molecule has 104 valence electrons. The Bertz CT molecular complexity index is 568. The Morgan fingerprint density at radius 1 is 1.37 bits per heavy atom. The fourth-order valence-corrected chi connectivity index (χ4v) is 4.58. The van der Waals surface area contributed by atoms with Gasteiger partial charge in [-0.25, -0.2) is 8.42 Å². The van der Waals surface area contributed by atoms with Gasteiger partial charge in [0.15, 0.2) is 5.06 Å². The molecule has 0 amide bonds. The van der Waals surface area contributed by atoms with Gasteiger partial charge < -0.3 is 4.74 Å². The minimum Gasteiger partial charge on any atom is -0.487 e. The lowest BCUT2D eigenvalue weighted by Gasteiger charge is -2.32. The normalized spacial score (nSPS) is 18.1. The van der Waals surface area contributed by atoms with E-state index in [-0.39, 0.29) is 0 Å². The molecule has 2 rings (SSSR count). The fraction of sp³-hybridized carbons (Fsp3) is 0.545. The van der Waals surface area contributed by atoms with Gasteiger partial charge in [0.1, 0.15) is 4.21 Å². The van der Waals surface area contributed by atoms with Gasteiger partial charge in [-0.15, -0.1) is 0 Å². The van der Waals surface area contributed by atoms with Gasteiger partial charge >= 0.3 is 0 Å². The number of rotatable bonds is 4. The molecular weight excluding hydrogens is 286 g/mol. The molecule has 0 unspecified atom stereocenters. The van der Waals surface area contributed by atoms with Crippen LogP contribution >= 0.6 is 11.3 Å². The van der Waals surface area contributed by atoms with Crippen molar-refractivity contribution in [2.75, 3.05) is 39.8 Å². The Hall–Kier alpha value is -1.14. The van der Waals surface area contributed by atoms with Gasteiger partial charge in [0.2, 0.25) is 0 Å². The Morgan fingerprint density at radius 2 is 2.05 bits per heavy atom. The van der Waals surface area contributed by atoms with Crippen molar-refractivity contribution >= 4 is 21.4 Å². The van der Waals surface area contributed by atoms with Crippen LogP contribution in [0.4, 0.5) is 0 Å². The predicted octanol–water partition coefficient (Wildman–Crippen LogP) is 0.587. The van der Waals surface area contributed by atoms with Gasteiger partial charge in [0.05, 0.1) is 19.7 Å². The summed E-state index contributed by atoms with van der Waals surface area (Å²) in [4.78, 5) is 1.95. The second-order valence-corrected chi connectivity index (χ2v) is 7.33. The lowest BCUT2D eigenvalue weighted by atomic mass is 10.4. The molecule has 6 nitrogen and oxygen atoms in total. The average molecular weight is 301 g/mol. The van der Waals surface area contributed by atoms with E-state index in [9.17, 15) is 8.42 Å². The highest BCUT2D eigenvalue weighted by atomic mass is 32.2. The van der Waals surface area contributed by atoms with Crippen LogP contribution in [0.15, 0.2) is 16.3 Å². The van der Waals surface area contributed by atoms with Crippen LogP contribution in [0, 0.1) is 11.3 Å². The standard InChI is InChI=1S/C11H15N3O3S2/c1-17-10-2-3-11(18-10)19(15,16)14-8-6-13(5-4-12)7-9-14/h2-3H,5-9H2,1H3. The van der Waals surface area contributed by atoms with Crippen LogP contribution in [-0.2, 0) is 10.0 Å². The molecule has 0 bridgehead atoms. The lowest BCUT2D eigenvalue weighted by molar-refractivity contribution is 0.206. The zero-order valence-electron chi connectivity index (χ0n) is 10.6. The quantitative estimate of drug-likeness (QED) is 0.761. The predicted molar refractivity (Wildman–Crippen MR) is 71.7 cm³/mol. The first-order valence-electron chi connectivity index (χ1n) is 5.81. The van der Waals surface area contributed by atoms with Crippen molar-refractivity contribution in [2.45, 2.75) is 4.21 Å². The third-order valence-electron chi connectivity index (χ3n) is 2.98. The number of piperazine rings is 1. The maximum atomic E-state index is 12.4. The molecule has 1 aliphatic heterocycles. The van der Waals surface area contributed by atoms with Gasteiger partial charge in [0, 0.05) is 26.2 Å². The summed E-state index contributed by atoms with van der Waals surface area (Å²) in [7, 11) is -1.91. The van der Waals surface area contributed by atoms with Crippen molar-refractivity contribution in [1.29, 1.82) is 5.26 Å². The summed E-state index contributed by atoms with van der Waals surface area (Å²) in [5.74, 6) is 0. The Morgan fingerprint density at radius 3 is 2.58 bits per heavy atom. The first-order chi connectivity index (χ1) is 9.07. The molecule has 1 aliphatic rings. The molecule has 0 saturated carbocycles. The van der Waals surface area contributed by atoms with Gasteiger partial charge in [-0.3, -0.25) is 4.90 Å². The zero-order valence-corrected chi connectivity index (χ0v) is 12.2. The van der Waals surface area contributed by atoms with E-state index < -0.39 is 10.0 Å². The SMILES string of the molecule is COc1ccc(S(=O)(=O)N2CCN(CC#N)CC2)s1. The Labute approximate surface area is 116 Å². The molecule has 1 fully saturated rings. The average Bonchev–Trinajstić information content (AvgIpc) is 2.89. The van der Waals surface area contributed by atoms with Gasteiger partial charge in [-0.05, 0) is 12.1 Å². The van der Waals surface area contributed by atoms with Crippen molar-refractivity contribution in [3.8, 4) is 11.1 Å². The van der Waals surface area contributed by atoms with E-state index in [0.717, 1.165) is 11.3 Å². The molecule has 2 heterocycles. The number of nitriles is 1. The number of methoxy groups -OCH3 is 1. The summed E-state index contributed by atoms with van der Waals surface area (Å²) in [6.07, 6.45) is 0. The van der Waals surface area contributed by atoms with Crippen LogP contribution in [0.1, 0.15) is 0 Å². The van der Waals surface area contributed by atoms with Crippen LogP contribution < -0.4 is 4.74 Å². The summed E-state index contributed by atoms with van der Waals surface area (Å²) in [6, 6.07) is 5.30. The van der Waals surface area contributed by atoms with Gasteiger partial charge in [0.25, 0.3) is 10.0 Å². The number of nitrogens with zero attached hydrogens (tertiary/aromatic N) is 3. The zero-order chi connectivity index (χ0) is 13.9. The molecule has 0 aliphatic carbocycles. The summed E-state index contributed by atoms with van der Waals surface area (Å²) < 4.78 is 31.5. The van der Waals surface area contributed by atoms with Crippen LogP contribution in [0.25, 0.3) is 0 Å². The minimum atomic E-state index is -3.43. The van der Waals surface area contributed by atoms with E-state index in [1.165, 1.54) is 11.4 Å². The molecule has 0 spiro atoms. The maximum Gasteiger partial charge on any atom is 0.252 e. The van der Waals surface area contributed by atoms with Crippen LogP contribution in [-0.4, -0.2) is 57.5 Å². The highest BCUT2D eigenvalue weighted by molar-refractivity contribution is 7.91. The van der Waals surface area contributed by atoms with E-state index in [1.807, 2.05) is 4.90 Å². The monoisotopic (exact) mass is 301 g/mol. The largest absolute Gasteiger partial charge is 0.487 e. The summed E-state index contributed by atoms with van der Waals surface area (Å²) in [5, 5.41) is 9.20. The summed E-state index contributed by atoms with van der Waals surface area (Å²) >= 11 is 1.13. The van der Waals surface area contributed by atoms with Crippen molar-refractivity contribution in [3.63, 3.8) is 0 Å². The smallest absolute Gasteiger partial charge is 0.252 e. The van der Waals surface area contributed by atoms with E-state index in [2.05, 4.69) is 6.07 Å². The highest BCUT2D eigenvalue weighted by Crippen LogP contribution is 2.30. The highest BCUT2D eigenvalue weighted by Gasteiger charge is 2.29. The number of hydrogen-bond acceptors (Lipinski definition) is 6. The van der Waals surface area contributed by atoms with Crippen molar-refractivity contribution in [2.24, 2.45) is 0 Å². The molecule has 19 heavy (non-hydrogen) atoms. The van der Waals surface area contributed by atoms with Gasteiger partial charge in [-0.2, -0.15) is 9.57 Å². The van der Waals surface area contributed by atoms with E-state index in [1.54, 1.807) is 12.1 Å². The summed E-state index contributed by atoms with van der Waals surface area (Å²) in [5.41, 5.74) is 0. The molecule has 1 saturated heterocycles. The third kappa shape index (κ3) is 3.06. The topological polar surface area (TPSA) is 73.6 Å². The second-order valence-electron chi connectivity index (χ2n) is 4.12. The van der Waals surface area contributed by atoms with Crippen LogP contribution in [0.3, 0.4) is 0 Å². The first kappa shape index (κ1) is 14.3. The maximum absolute atomic E-state index is 12.4. The number of thiophene rings is 1. The molecule has 0 atom stereocenters. The van der Waals surface area contributed by atoms with Crippen LogP contribution in [0.5, 0.6) is 5.06 Å². The lowest BCUT2D eigenvalue weighted by Crippen LogP contribution is -2.48. The molecule has 8 heteroatoms. The van der Waals surface area contributed by atoms with Crippen molar-refractivity contribution < 1.29 is 13.2 Å². The van der Waals surface area contributed by atoms with Crippen molar-refractivity contribution in [3.05, 3.63) is 12.1 Å². The molecule has 0 N–H and O–H groups in total. The second kappa shape index (κ2) is 5.88. The number of sulfonamides is 1. The summed E-state index contributed by atoms with van der Waals surface area (Å²) in [6.45, 7) is 2.37. The van der Waals surface area contributed by atoms with E-state index in [4.69, 9.17) is 10.00 Å². The first-order valence-corrected chi connectivity index (χ1v) is 8.07. The Balaban J connectivity index is 2.07. The minimum absolute atomic E-state index is 0.304. The Kier molecular flexibility index (Phi) is 4.42. The van der Waals surface area contributed by atoms with E-state index >= 15 is 0 Å².